The van der Waals surface area contributed by atoms with Gasteiger partial charge in [0.15, 0.2) is 0 Å². The predicted molar refractivity (Wildman–Crippen MR) is 106 cm³/mol. The molecule has 3 saturated heterocycles. The number of hydrogen-bond acceptors (Lipinski definition) is 7. The summed E-state index contributed by atoms with van der Waals surface area (Å²) >= 11 is 0. The Balaban J connectivity index is 1.38. The molecule has 0 N–H and O–H groups in total. The summed E-state index contributed by atoms with van der Waals surface area (Å²) in [6.07, 6.45) is 2.36. The summed E-state index contributed by atoms with van der Waals surface area (Å²) in [5, 5.41) is 0. The van der Waals surface area contributed by atoms with Gasteiger partial charge in [-0.15, -0.1) is 0 Å². The van der Waals surface area contributed by atoms with E-state index in [0.29, 0.717) is 25.0 Å². The summed E-state index contributed by atoms with van der Waals surface area (Å²) in [5.74, 6) is -0.153. The minimum atomic E-state index is -0.153. The molecule has 28 heavy (non-hydrogen) atoms. The molecule has 0 radical (unpaired) electrons. The molecule has 0 aromatic heterocycles. The Hall–Kier alpha value is -1.38. The Labute approximate surface area is 168 Å². The second-order valence-corrected chi connectivity index (χ2v) is 8.49. The first-order valence-electron chi connectivity index (χ1n) is 10.7. The second kappa shape index (κ2) is 9.89. The molecule has 0 aromatic rings. The summed E-state index contributed by atoms with van der Waals surface area (Å²) in [7, 11) is 1.43. The lowest BCUT2D eigenvalue weighted by atomic mass is 10.0. The van der Waals surface area contributed by atoms with Crippen LogP contribution in [0.3, 0.4) is 0 Å². The molecular weight excluding hydrogens is 360 g/mol. The highest BCUT2D eigenvalue weighted by atomic mass is 16.6. The third-order valence-electron chi connectivity index (χ3n) is 6.36. The molecule has 8 heteroatoms. The van der Waals surface area contributed by atoms with E-state index >= 15 is 0 Å². The molecule has 1 atom stereocenters. The molecule has 0 saturated carbocycles. The van der Waals surface area contributed by atoms with E-state index < -0.39 is 0 Å². The molecule has 0 aliphatic carbocycles. The van der Waals surface area contributed by atoms with E-state index in [-0.39, 0.29) is 18.2 Å². The maximum absolute atomic E-state index is 12.4. The van der Waals surface area contributed by atoms with Gasteiger partial charge in [0, 0.05) is 64.4 Å². The quantitative estimate of drug-likeness (QED) is 0.592. The fourth-order valence-electron chi connectivity index (χ4n) is 4.48. The molecule has 0 spiro atoms. The van der Waals surface area contributed by atoms with Crippen LogP contribution in [0.15, 0.2) is 0 Å². The number of rotatable bonds is 7. The number of carbonyl (C=O) groups is 2. The number of hydrogen-bond donors (Lipinski definition) is 0. The van der Waals surface area contributed by atoms with Crippen molar-refractivity contribution in [3.63, 3.8) is 0 Å². The smallest absolute Gasteiger partial charge is 0.410 e. The third-order valence-corrected chi connectivity index (χ3v) is 6.36. The zero-order valence-corrected chi connectivity index (χ0v) is 17.6. The molecule has 0 aromatic carbocycles. The van der Waals surface area contributed by atoms with Gasteiger partial charge in [0.2, 0.25) is 0 Å². The van der Waals surface area contributed by atoms with Crippen LogP contribution in [0.5, 0.6) is 0 Å². The largest absolute Gasteiger partial charge is 0.469 e. The maximum Gasteiger partial charge on any atom is 0.410 e. The predicted octanol–water partition coefficient (Wildman–Crippen LogP) is 0.861. The second-order valence-electron chi connectivity index (χ2n) is 8.49. The number of likely N-dealkylation sites (tertiary alicyclic amines) is 1. The number of cyclic esters (lactones) is 1. The summed E-state index contributed by atoms with van der Waals surface area (Å²) < 4.78 is 10.4. The molecule has 1 amide bonds. The molecule has 160 valence electrons. The van der Waals surface area contributed by atoms with Crippen molar-refractivity contribution >= 4 is 12.1 Å². The highest BCUT2D eigenvalue weighted by molar-refractivity contribution is 5.70. The normalized spacial score (nSPS) is 26.1. The van der Waals surface area contributed by atoms with Crippen LogP contribution in [0, 0.1) is 0 Å². The molecule has 3 rings (SSSR count). The standard InChI is InChI=1S/C20H36N4O4/c1-16(2)23-8-4-17(5-9-23)24-15-18(28-20(24)26)14-22-12-10-21(11-13-22)7-6-19(25)27-3/h16-18H,4-15H2,1-3H3. The Bertz CT molecular complexity index is 528. The fourth-order valence-corrected chi connectivity index (χ4v) is 4.48. The number of piperazine rings is 1. The summed E-state index contributed by atoms with van der Waals surface area (Å²) in [5.41, 5.74) is 0. The van der Waals surface area contributed by atoms with Gasteiger partial charge in [-0.3, -0.25) is 9.69 Å². The van der Waals surface area contributed by atoms with Gasteiger partial charge in [0.1, 0.15) is 6.10 Å². The van der Waals surface area contributed by atoms with Crippen LogP contribution in [-0.2, 0) is 14.3 Å². The van der Waals surface area contributed by atoms with Crippen molar-refractivity contribution < 1.29 is 19.1 Å². The number of piperidine rings is 1. The van der Waals surface area contributed by atoms with E-state index in [9.17, 15) is 9.59 Å². The van der Waals surface area contributed by atoms with Crippen LogP contribution in [0.25, 0.3) is 0 Å². The Morgan fingerprint density at radius 2 is 1.75 bits per heavy atom. The van der Waals surface area contributed by atoms with Crippen LogP contribution < -0.4 is 0 Å². The lowest BCUT2D eigenvalue weighted by molar-refractivity contribution is -0.141. The van der Waals surface area contributed by atoms with E-state index in [1.165, 1.54) is 7.11 Å². The third kappa shape index (κ3) is 5.58. The van der Waals surface area contributed by atoms with Crippen molar-refractivity contribution in [1.82, 2.24) is 19.6 Å². The van der Waals surface area contributed by atoms with Gasteiger partial charge in [-0.1, -0.05) is 0 Å². The minimum absolute atomic E-state index is 0.0303. The SMILES string of the molecule is COC(=O)CCN1CCN(CC2CN(C3CCN(C(C)C)CC3)C(=O)O2)CC1. The number of nitrogens with zero attached hydrogens (tertiary/aromatic N) is 4. The Kier molecular flexibility index (Phi) is 7.54. The summed E-state index contributed by atoms with van der Waals surface area (Å²) in [4.78, 5) is 32.8. The number of carbonyl (C=O) groups excluding carboxylic acids is 2. The van der Waals surface area contributed by atoms with Crippen molar-refractivity contribution in [1.29, 1.82) is 0 Å². The van der Waals surface area contributed by atoms with E-state index in [0.717, 1.165) is 65.2 Å². The van der Waals surface area contributed by atoms with Crippen molar-refractivity contribution in [3.05, 3.63) is 0 Å². The first-order chi connectivity index (χ1) is 13.5. The van der Waals surface area contributed by atoms with E-state index in [4.69, 9.17) is 9.47 Å². The molecule has 8 nitrogen and oxygen atoms in total. The van der Waals surface area contributed by atoms with Crippen LogP contribution in [0.1, 0.15) is 33.1 Å². The number of ether oxygens (including phenoxy) is 2. The Morgan fingerprint density at radius 3 is 2.36 bits per heavy atom. The highest BCUT2D eigenvalue weighted by Gasteiger charge is 2.38. The van der Waals surface area contributed by atoms with Crippen LogP contribution in [-0.4, -0.2) is 116 Å². The first kappa shape index (κ1) is 21.3. The van der Waals surface area contributed by atoms with E-state index in [2.05, 4.69) is 28.5 Å². The number of esters is 1. The lowest BCUT2D eigenvalue weighted by Crippen LogP contribution is -2.50. The zero-order chi connectivity index (χ0) is 20.1. The summed E-state index contributed by atoms with van der Waals surface area (Å²) in [6, 6.07) is 0.896. The van der Waals surface area contributed by atoms with Gasteiger partial charge >= 0.3 is 12.1 Å². The van der Waals surface area contributed by atoms with Gasteiger partial charge in [-0.05, 0) is 26.7 Å². The summed E-state index contributed by atoms with van der Waals surface area (Å²) in [6.45, 7) is 12.6. The highest BCUT2D eigenvalue weighted by Crippen LogP contribution is 2.24. The molecule has 3 fully saturated rings. The van der Waals surface area contributed by atoms with Crippen LogP contribution in [0.4, 0.5) is 4.79 Å². The van der Waals surface area contributed by atoms with Gasteiger partial charge in [-0.25, -0.2) is 4.79 Å². The Morgan fingerprint density at radius 1 is 1.11 bits per heavy atom. The minimum Gasteiger partial charge on any atom is -0.469 e. The molecule has 3 aliphatic rings. The number of amides is 1. The monoisotopic (exact) mass is 396 g/mol. The van der Waals surface area contributed by atoms with Gasteiger partial charge < -0.3 is 24.2 Å². The lowest BCUT2D eigenvalue weighted by Gasteiger charge is -2.37. The maximum atomic E-state index is 12.4. The molecule has 1 unspecified atom stereocenters. The van der Waals surface area contributed by atoms with E-state index in [1.54, 1.807) is 0 Å². The van der Waals surface area contributed by atoms with Crippen LogP contribution >= 0.6 is 0 Å². The number of methoxy groups -OCH3 is 1. The molecule has 3 aliphatic heterocycles. The molecule has 3 heterocycles. The van der Waals surface area contributed by atoms with E-state index in [1.807, 2.05) is 4.90 Å². The van der Waals surface area contributed by atoms with Gasteiger partial charge in [0.25, 0.3) is 0 Å². The molecule has 0 bridgehead atoms. The van der Waals surface area contributed by atoms with Crippen LogP contribution in [0.2, 0.25) is 0 Å². The zero-order valence-electron chi connectivity index (χ0n) is 17.6. The fraction of sp³-hybridized carbons (Fsp3) is 0.900. The molecular formula is C20H36N4O4. The van der Waals surface area contributed by atoms with Gasteiger partial charge in [-0.2, -0.15) is 0 Å². The van der Waals surface area contributed by atoms with Crippen molar-refractivity contribution in [2.75, 3.05) is 66.0 Å². The average molecular weight is 397 g/mol. The van der Waals surface area contributed by atoms with Gasteiger partial charge in [0.05, 0.1) is 20.1 Å². The van der Waals surface area contributed by atoms with Crippen molar-refractivity contribution in [2.45, 2.75) is 51.3 Å². The topological polar surface area (TPSA) is 65.6 Å². The first-order valence-corrected chi connectivity index (χ1v) is 10.7. The van der Waals surface area contributed by atoms with Crippen molar-refractivity contribution in [2.24, 2.45) is 0 Å². The van der Waals surface area contributed by atoms with Crippen molar-refractivity contribution in [3.8, 4) is 0 Å². The average Bonchev–Trinajstić information content (AvgIpc) is 3.07.